The van der Waals surface area contributed by atoms with E-state index in [2.05, 4.69) is 9.97 Å². The lowest BCUT2D eigenvalue weighted by atomic mass is 9.94. The highest BCUT2D eigenvalue weighted by atomic mass is 16.5. The smallest absolute Gasteiger partial charge is 0.232 e. The molecule has 0 spiro atoms. The molecule has 1 atom stereocenters. The van der Waals surface area contributed by atoms with Crippen LogP contribution in [-0.2, 0) is 9.59 Å². The van der Waals surface area contributed by atoms with E-state index in [4.69, 9.17) is 4.74 Å². The molecule has 24 heavy (non-hydrogen) atoms. The van der Waals surface area contributed by atoms with Gasteiger partial charge in [0.15, 0.2) is 0 Å². The summed E-state index contributed by atoms with van der Waals surface area (Å²) in [5.41, 5.74) is 0. The van der Waals surface area contributed by atoms with Crippen molar-refractivity contribution in [2.75, 3.05) is 26.2 Å². The number of amides is 2. The molecule has 2 fully saturated rings. The second-order valence-electron chi connectivity index (χ2n) is 6.49. The molecule has 2 aliphatic heterocycles. The second kappa shape index (κ2) is 7.59. The average Bonchev–Trinajstić information content (AvgIpc) is 2.62. The van der Waals surface area contributed by atoms with Crippen molar-refractivity contribution in [1.29, 1.82) is 0 Å². The van der Waals surface area contributed by atoms with Crippen molar-refractivity contribution < 1.29 is 14.3 Å². The molecule has 2 saturated heterocycles. The largest absolute Gasteiger partial charge is 0.471 e. The van der Waals surface area contributed by atoms with Crippen molar-refractivity contribution in [3.8, 4) is 5.88 Å². The van der Waals surface area contributed by atoms with Gasteiger partial charge in [-0.05, 0) is 25.7 Å². The molecule has 7 nitrogen and oxygen atoms in total. The molecule has 1 aromatic rings. The molecule has 0 aliphatic carbocycles. The van der Waals surface area contributed by atoms with E-state index in [1.807, 2.05) is 9.80 Å². The molecule has 1 aromatic heterocycles. The number of likely N-dealkylation sites (tertiary alicyclic amines) is 2. The Morgan fingerprint density at radius 2 is 1.92 bits per heavy atom. The van der Waals surface area contributed by atoms with Gasteiger partial charge in [-0.3, -0.25) is 14.6 Å². The molecule has 0 unspecified atom stereocenters. The summed E-state index contributed by atoms with van der Waals surface area (Å²) >= 11 is 0. The molecular weight excluding hydrogens is 308 g/mol. The van der Waals surface area contributed by atoms with Gasteiger partial charge in [0, 0.05) is 44.9 Å². The van der Waals surface area contributed by atoms with Gasteiger partial charge in [0.25, 0.3) is 0 Å². The maximum atomic E-state index is 12.8. The van der Waals surface area contributed by atoms with Crippen molar-refractivity contribution >= 4 is 11.8 Å². The maximum absolute atomic E-state index is 12.8. The third-order valence-corrected chi connectivity index (χ3v) is 4.81. The van der Waals surface area contributed by atoms with Crippen LogP contribution in [0.5, 0.6) is 5.88 Å². The number of carbonyl (C=O) groups is 2. The van der Waals surface area contributed by atoms with Gasteiger partial charge in [0.05, 0.1) is 12.7 Å². The van der Waals surface area contributed by atoms with E-state index in [0.717, 1.165) is 32.2 Å². The van der Waals surface area contributed by atoms with Crippen molar-refractivity contribution in [3.63, 3.8) is 0 Å². The van der Waals surface area contributed by atoms with E-state index in [-0.39, 0.29) is 23.8 Å². The lowest BCUT2D eigenvalue weighted by Crippen LogP contribution is -2.49. The molecule has 0 N–H and O–H groups in total. The van der Waals surface area contributed by atoms with E-state index in [0.29, 0.717) is 25.5 Å². The third-order valence-electron chi connectivity index (χ3n) is 4.81. The third kappa shape index (κ3) is 4.01. The quantitative estimate of drug-likeness (QED) is 0.829. The first-order chi connectivity index (χ1) is 11.6. The minimum Gasteiger partial charge on any atom is -0.471 e. The van der Waals surface area contributed by atoms with Crippen LogP contribution in [0.4, 0.5) is 0 Å². The molecule has 0 radical (unpaired) electrons. The fraction of sp³-hybridized carbons (Fsp3) is 0.647. The van der Waals surface area contributed by atoms with Gasteiger partial charge < -0.3 is 14.5 Å². The predicted molar refractivity (Wildman–Crippen MR) is 87.2 cm³/mol. The number of nitrogens with zero attached hydrogens (tertiary/aromatic N) is 4. The number of rotatable bonds is 3. The SMILES string of the molecule is CC(=O)N1CCC(C(=O)N2CCC[C@H](Oc3cnccn3)C2)CC1. The normalized spacial score (nSPS) is 22.3. The summed E-state index contributed by atoms with van der Waals surface area (Å²) in [6, 6.07) is 0. The molecular formula is C17H24N4O3. The molecule has 7 heteroatoms. The van der Waals surface area contributed by atoms with E-state index in [1.54, 1.807) is 25.5 Å². The Bertz CT molecular complexity index is 572. The summed E-state index contributed by atoms with van der Waals surface area (Å²) in [7, 11) is 0. The minimum absolute atomic E-state index is 0.0240. The molecule has 3 heterocycles. The zero-order valence-electron chi connectivity index (χ0n) is 14.1. The zero-order valence-corrected chi connectivity index (χ0v) is 14.1. The minimum atomic E-state index is -0.0308. The van der Waals surface area contributed by atoms with Crippen molar-refractivity contribution in [1.82, 2.24) is 19.8 Å². The maximum Gasteiger partial charge on any atom is 0.232 e. The Kier molecular flexibility index (Phi) is 5.27. The summed E-state index contributed by atoms with van der Waals surface area (Å²) in [6.45, 7) is 4.33. The molecule has 0 bridgehead atoms. The highest BCUT2D eigenvalue weighted by Crippen LogP contribution is 2.23. The number of hydrogen-bond acceptors (Lipinski definition) is 5. The van der Waals surface area contributed by atoms with E-state index < -0.39 is 0 Å². The van der Waals surface area contributed by atoms with Crippen LogP contribution in [0.25, 0.3) is 0 Å². The number of hydrogen-bond donors (Lipinski definition) is 0. The Labute approximate surface area is 142 Å². The van der Waals surface area contributed by atoms with Gasteiger partial charge in [-0.15, -0.1) is 0 Å². The van der Waals surface area contributed by atoms with Crippen molar-refractivity contribution in [2.24, 2.45) is 5.92 Å². The monoisotopic (exact) mass is 332 g/mol. The number of carbonyl (C=O) groups excluding carboxylic acids is 2. The van der Waals surface area contributed by atoms with Crippen LogP contribution in [0.2, 0.25) is 0 Å². The summed E-state index contributed by atoms with van der Waals surface area (Å²) in [6.07, 6.45) is 8.14. The second-order valence-corrected chi connectivity index (χ2v) is 6.49. The highest BCUT2D eigenvalue weighted by molar-refractivity contribution is 5.80. The van der Waals surface area contributed by atoms with Gasteiger partial charge in [0.2, 0.25) is 17.7 Å². The molecule has 0 saturated carbocycles. The van der Waals surface area contributed by atoms with Gasteiger partial charge >= 0.3 is 0 Å². The van der Waals surface area contributed by atoms with Crippen LogP contribution in [0.3, 0.4) is 0 Å². The zero-order chi connectivity index (χ0) is 16.9. The number of piperidine rings is 2. The Morgan fingerprint density at radius 1 is 1.12 bits per heavy atom. The fourth-order valence-electron chi connectivity index (χ4n) is 3.45. The van der Waals surface area contributed by atoms with Gasteiger partial charge in [0.1, 0.15) is 6.10 Å². The first-order valence-corrected chi connectivity index (χ1v) is 8.60. The first-order valence-electron chi connectivity index (χ1n) is 8.60. The standard InChI is InChI=1S/C17H24N4O3/c1-13(22)20-9-4-14(5-10-20)17(23)21-8-2-3-15(12-21)24-16-11-18-6-7-19-16/h6-7,11,14-15H,2-5,8-10,12H2,1H3/t15-/m0/s1. The molecule has 2 amide bonds. The number of aromatic nitrogens is 2. The van der Waals surface area contributed by atoms with E-state index >= 15 is 0 Å². The average molecular weight is 332 g/mol. The Hall–Kier alpha value is -2.18. The van der Waals surface area contributed by atoms with Crippen LogP contribution in [0.15, 0.2) is 18.6 Å². The van der Waals surface area contributed by atoms with Gasteiger partial charge in [-0.25, -0.2) is 4.98 Å². The van der Waals surface area contributed by atoms with Crippen LogP contribution in [0.1, 0.15) is 32.6 Å². The topological polar surface area (TPSA) is 75.6 Å². The van der Waals surface area contributed by atoms with E-state index in [1.165, 1.54) is 0 Å². The Morgan fingerprint density at radius 3 is 2.58 bits per heavy atom. The lowest BCUT2D eigenvalue weighted by Gasteiger charge is -2.37. The van der Waals surface area contributed by atoms with Crippen LogP contribution in [-0.4, -0.2) is 63.9 Å². The van der Waals surface area contributed by atoms with Crippen LogP contribution < -0.4 is 4.74 Å². The lowest BCUT2D eigenvalue weighted by molar-refractivity contribution is -0.142. The molecule has 2 aliphatic rings. The van der Waals surface area contributed by atoms with Crippen molar-refractivity contribution in [2.45, 2.75) is 38.7 Å². The number of ether oxygens (including phenoxy) is 1. The van der Waals surface area contributed by atoms with Crippen LogP contribution >= 0.6 is 0 Å². The Balaban J connectivity index is 1.53. The van der Waals surface area contributed by atoms with E-state index in [9.17, 15) is 9.59 Å². The summed E-state index contributed by atoms with van der Waals surface area (Å²) in [5, 5.41) is 0. The predicted octanol–water partition coefficient (Wildman–Crippen LogP) is 1.10. The molecule has 130 valence electrons. The summed E-state index contributed by atoms with van der Waals surface area (Å²) in [4.78, 5) is 36.0. The highest BCUT2D eigenvalue weighted by Gasteiger charge is 2.32. The van der Waals surface area contributed by atoms with Crippen molar-refractivity contribution in [3.05, 3.63) is 18.6 Å². The van der Waals surface area contributed by atoms with Gasteiger partial charge in [-0.2, -0.15) is 0 Å². The fourth-order valence-corrected chi connectivity index (χ4v) is 3.45. The summed E-state index contributed by atoms with van der Waals surface area (Å²) in [5.74, 6) is 0.824. The first kappa shape index (κ1) is 16.7. The summed E-state index contributed by atoms with van der Waals surface area (Å²) < 4.78 is 5.85. The van der Waals surface area contributed by atoms with Crippen LogP contribution in [0, 0.1) is 5.92 Å². The molecule has 3 rings (SSSR count). The molecule has 0 aromatic carbocycles. The van der Waals surface area contributed by atoms with Gasteiger partial charge in [-0.1, -0.05) is 0 Å².